The molecule has 1 heterocycles. The van der Waals surface area contributed by atoms with Gasteiger partial charge in [-0.05, 0) is 43.6 Å². The fourth-order valence-electron chi connectivity index (χ4n) is 2.86. The lowest BCUT2D eigenvalue weighted by Crippen LogP contribution is -2.41. The first-order valence-electron chi connectivity index (χ1n) is 7.11. The molecule has 1 amide bonds. The third-order valence-electron chi connectivity index (χ3n) is 4.56. The molecule has 0 bridgehead atoms. The van der Waals surface area contributed by atoms with Crippen LogP contribution in [0.3, 0.4) is 0 Å². The molecule has 1 aliphatic carbocycles. The van der Waals surface area contributed by atoms with Gasteiger partial charge in [0.15, 0.2) is 0 Å². The molecule has 2 aliphatic rings. The van der Waals surface area contributed by atoms with Crippen molar-refractivity contribution in [2.75, 3.05) is 19.6 Å². The van der Waals surface area contributed by atoms with Gasteiger partial charge in [0.2, 0.25) is 5.91 Å². The van der Waals surface area contributed by atoms with Gasteiger partial charge in [0.1, 0.15) is 0 Å². The van der Waals surface area contributed by atoms with Gasteiger partial charge < -0.3 is 10.2 Å². The molecule has 3 nitrogen and oxygen atoms in total. The predicted molar refractivity (Wildman–Crippen MR) is 69.8 cm³/mol. The van der Waals surface area contributed by atoms with E-state index >= 15 is 0 Å². The number of nitrogens with zero attached hydrogens (tertiary/aromatic N) is 1. The maximum Gasteiger partial charge on any atom is 0.239 e. The van der Waals surface area contributed by atoms with E-state index < -0.39 is 0 Å². The largest absolute Gasteiger partial charge is 0.341 e. The van der Waals surface area contributed by atoms with Gasteiger partial charge in [0, 0.05) is 13.1 Å². The standard InChI is InChI=1S/C14H26N2O/c1-4-8-15-12-5-9-16(13(12)17)10-14(6-7-14)11(2)3/h11-12,15H,4-10H2,1-3H3. The predicted octanol–water partition coefficient (Wildman–Crippen LogP) is 2.02. The minimum absolute atomic E-state index is 0.0953. The third-order valence-corrected chi connectivity index (χ3v) is 4.56. The van der Waals surface area contributed by atoms with Gasteiger partial charge in [-0.2, -0.15) is 0 Å². The highest BCUT2D eigenvalue weighted by Gasteiger charge is 2.48. The van der Waals surface area contributed by atoms with E-state index in [4.69, 9.17) is 0 Å². The molecule has 1 atom stereocenters. The van der Waals surface area contributed by atoms with Crippen LogP contribution in [0.15, 0.2) is 0 Å². The smallest absolute Gasteiger partial charge is 0.239 e. The van der Waals surface area contributed by atoms with Crippen molar-refractivity contribution in [3.63, 3.8) is 0 Å². The second-order valence-electron chi connectivity index (χ2n) is 6.07. The summed E-state index contributed by atoms with van der Waals surface area (Å²) >= 11 is 0. The van der Waals surface area contributed by atoms with Crippen molar-refractivity contribution in [1.29, 1.82) is 0 Å². The number of likely N-dealkylation sites (tertiary alicyclic amines) is 1. The Morgan fingerprint density at radius 3 is 2.71 bits per heavy atom. The Hall–Kier alpha value is -0.570. The van der Waals surface area contributed by atoms with Gasteiger partial charge in [-0.15, -0.1) is 0 Å². The van der Waals surface area contributed by atoms with E-state index in [1.807, 2.05) is 0 Å². The molecule has 2 fully saturated rings. The molecule has 0 spiro atoms. The normalized spacial score (nSPS) is 26.9. The van der Waals surface area contributed by atoms with Crippen molar-refractivity contribution in [2.45, 2.75) is 52.5 Å². The van der Waals surface area contributed by atoms with Crippen molar-refractivity contribution in [2.24, 2.45) is 11.3 Å². The van der Waals surface area contributed by atoms with Crippen molar-refractivity contribution in [3.05, 3.63) is 0 Å². The summed E-state index contributed by atoms with van der Waals surface area (Å²) in [5.74, 6) is 1.04. The van der Waals surface area contributed by atoms with E-state index in [0.717, 1.165) is 32.5 Å². The first-order valence-corrected chi connectivity index (χ1v) is 7.11. The van der Waals surface area contributed by atoms with Crippen molar-refractivity contribution in [1.82, 2.24) is 10.2 Å². The van der Waals surface area contributed by atoms with Crippen LogP contribution in [0.25, 0.3) is 0 Å². The first kappa shape index (κ1) is 12.9. The first-order chi connectivity index (χ1) is 8.09. The van der Waals surface area contributed by atoms with Gasteiger partial charge in [-0.25, -0.2) is 0 Å². The van der Waals surface area contributed by atoms with Gasteiger partial charge in [0.25, 0.3) is 0 Å². The summed E-state index contributed by atoms with van der Waals surface area (Å²) in [6.07, 6.45) is 4.70. The number of hydrogen-bond acceptors (Lipinski definition) is 2. The van der Waals surface area contributed by atoms with Crippen LogP contribution < -0.4 is 5.32 Å². The minimum Gasteiger partial charge on any atom is -0.341 e. The molecule has 1 aliphatic heterocycles. The average Bonchev–Trinajstić information content (AvgIpc) is 3.00. The molecule has 0 radical (unpaired) electrons. The highest BCUT2D eigenvalue weighted by atomic mass is 16.2. The lowest BCUT2D eigenvalue weighted by atomic mass is 9.92. The number of carbonyl (C=O) groups is 1. The Balaban J connectivity index is 1.85. The molecule has 1 saturated heterocycles. The Kier molecular flexibility index (Phi) is 3.76. The average molecular weight is 238 g/mol. The van der Waals surface area contributed by atoms with Crippen LogP contribution in [-0.4, -0.2) is 36.5 Å². The highest BCUT2D eigenvalue weighted by Crippen LogP contribution is 2.52. The Labute approximate surface area is 105 Å². The van der Waals surface area contributed by atoms with E-state index in [9.17, 15) is 4.79 Å². The molecule has 1 N–H and O–H groups in total. The maximum atomic E-state index is 12.2. The Morgan fingerprint density at radius 1 is 1.47 bits per heavy atom. The molecule has 98 valence electrons. The van der Waals surface area contributed by atoms with E-state index in [2.05, 4.69) is 31.0 Å². The second kappa shape index (κ2) is 4.97. The molecule has 1 saturated carbocycles. The van der Waals surface area contributed by atoms with Crippen molar-refractivity contribution < 1.29 is 4.79 Å². The molecule has 1 unspecified atom stereocenters. The number of rotatable bonds is 6. The molecule has 0 aromatic heterocycles. The monoisotopic (exact) mass is 238 g/mol. The fourth-order valence-corrected chi connectivity index (χ4v) is 2.86. The molecular weight excluding hydrogens is 212 g/mol. The van der Waals surface area contributed by atoms with Crippen LogP contribution in [0.5, 0.6) is 0 Å². The second-order valence-corrected chi connectivity index (χ2v) is 6.07. The van der Waals surface area contributed by atoms with E-state index in [0.29, 0.717) is 17.2 Å². The van der Waals surface area contributed by atoms with Crippen LogP contribution >= 0.6 is 0 Å². The number of amides is 1. The Bertz CT molecular complexity index is 284. The summed E-state index contributed by atoms with van der Waals surface area (Å²) in [5, 5.41) is 3.36. The van der Waals surface area contributed by atoms with Crippen LogP contribution in [0.1, 0.15) is 46.5 Å². The summed E-state index contributed by atoms with van der Waals surface area (Å²) in [4.78, 5) is 14.3. The zero-order valence-electron chi connectivity index (χ0n) is 11.5. The summed E-state index contributed by atoms with van der Waals surface area (Å²) in [6, 6.07) is 0.0953. The lowest BCUT2D eigenvalue weighted by Gasteiger charge is -2.26. The Morgan fingerprint density at radius 2 is 2.18 bits per heavy atom. The lowest BCUT2D eigenvalue weighted by molar-refractivity contribution is -0.130. The van der Waals surface area contributed by atoms with Gasteiger partial charge >= 0.3 is 0 Å². The van der Waals surface area contributed by atoms with Crippen molar-refractivity contribution >= 4 is 5.91 Å². The minimum atomic E-state index is 0.0953. The SMILES string of the molecule is CCCNC1CCN(CC2(C(C)C)CC2)C1=O. The zero-order chi connectivity index (χ0) is 12.5. The zero-order valence-corrected chi connectivity index (χ0v) is 11.5. The number of nitrogens with one attached hydrogen (secondary N) is 1. The topological polar surface area (TPSA) is 32.3 Å². The van der Waals surface area contributed by atoms with Crippen LogP contribution in [0, 0.1) is 11.3 Å². The van der Waals surface area contributed by atoms with Gasteiger partial charge in [-0.3, -0.25) is 4.79 Å². The maximum absolute atomic E-state index is 12.2. The van der Waals surface area contributed by atoms with E-state index in [1.54, 1.807) is 0 Å². The highest BCUT2D eigenvalue weighted by molar-refractivity contribution is 5.84. The van der Waals surface area contributed by atoms with Crippen LogP contribution in [-0.2, 0) is 4.79 Å². The molecule has 3 heteroatoms. The molecule has 17 heavy (non-hydrogen) atoms. The summed E-state index contributed by atoms with van der Waals surface area (Å²) < 4.78 is 0. The summed E-state index contributed by atoms with van der Waals surface area (Å²) in [6.45, 7) is 9.63. The van der Waals surface area contributed by atoms with Crippen LogP contribution in [0.4, 0.5) is 0 Å². The third kappa shape index (κ3) is 2.65. The van der Waals surface area contributed by atoms with Crippen molar-refractivity contribution in [3.8, 4) is 0 Å². The fraction of sp³-hybridized carbons (Fsp3) is 0.929. The summed E-state index contributed by atoms with van der Waals surface area (Å²) in [5.41, 5.74) is 0.454. The number of carbonyl (C=O) groups excluding carboxylic acids is 1. The molecule has 0 aromatic carbocycles. The quantitative estimate of drug-likeness (QED) is 0.768. The van der Waals surface area contributed by atoms with E-state index in [1.165, 1.54) is 12.8 Å². The molecule has 0 aromatic rings. The number of hydrogen-bond donors (Lipinski definition) is 1. The van der Waals surface area contributed by atoms with Gasteiger partial charge in [-0.1, -0.05) is 20.8 Å². The van der Waals surface area contributed by atoms with E-state index in [-0.39, 0.29) is 6.04 Å². The van der Waals surface area contributed by atoms with Crippen LogP contribution in [0.2, 0.25) is 0 Å². The molecule has 2 rings (SSSR count). The summed E-state index contributed by atoms with van der Waals surface area (Å²) in [7, 11) is 0. The van der Waals surface area contributed by atoms with Gasteiger partial charge in [0.05, 0.1) is 6.04 Å². The molecular formula is C14H26N2O.